The van der Waals surface area contributed by atoms with Crippen LogP contribution in [0, 0.1) is 0 Å². The van der Waals surface area contributed by atoms with Gasteiger partial charge in [-0.25, -0.2) is 0 Å². The Morgan fingerprint density at radius 3 is 1.62 bits per heavy atom. The lowest BCUT2D eigenvalue weighted by Gasteiger charge is -2.02. The molecule has 0 saturated heterocycles. The van der Waals surface area contributed by atoms with Crippen molar-refractivity contribution in [2.45, 2.75) is 110 Å². The highest BCUT2D eigenvalue weighted by Gasteiger charge is 1.91. The molecule has 0 bridgehead atoms. The van der Waals surface area contributed by atoms with Crippen LogP contribution in [0.1, 0.15) is 110 Å². The second-order valence-corrected chi connectivity index (χ2v) is 6.27. The van der Waals surface area contributed by atoms with Crippen LogP contribution in [0.4, 0.5) is 0 Å². The van der Waals surface area contributed by atoms with E-state index in [1.165, 1.54) is 96.3 Å². The van der Waals surface area contributed by atoms with Gasteiger partial charge in [0, 0.05) is 0 Å². The van der Waals surface area contributed by atoms with Crippen molar-refractivity contribution >= 4 is 0 Å². The third kappa shape index (κ3) is 19.5. The van der Waals surface area contributed by atoms with Crippen LogP contribution in [0.5, 0.6) is 0 Å². The van der Waals surface area contributed by atoms with Crippen LogP contribution in [0.15, 0.2) is 12.3 Å². The SMILES string of the molecule is CCCCCCCCC=COCCCCCCCCCC. The fourth-order valence-corrected chi connectivity index (χ4v) is 2.57. The van der Waals surface area contributed by atoms with Gasteiger partial charge in [0.25, 0.3) is 0 Å². The zero-order chi connectivity index (χ0) is 15.4. The van der Waals surface area contributed by atoms with E-state index in [1.54, 1.807) is 0 Å². The largest absolute Gasteiger partial charge is 0.502 e. The summed E-state index contributed by atoms with van der Waals surface area (Å²) in [4.78, 5) is 0. The van der Waals surface area contributed by atoms with Crippen LogP contribution in [0.2, 0.25) is 0 Å². The van der Waals surface area contributed by atoms with Crippen molar-refractivity contribution in [3.8, 4) is 0 Å². The monoisotopic (exact) mass is 296 g/mol. The molecule has 0 aliphatic rings. The van der Waals surface area contributed by atoms with E-state index in [0.717, 1.165) is 6.61 Å². The summed E-state index contributed by atoms with van der Waals surface area (Å²) in [5, 5.41) is 0. The minimum absolute atomic E-state index is 0.905. The third-order valence-corrected chi connectivity index (χ3v) is 4.03. The molecule has 1 heteroatoms. The van der Waals surface area contributed by atoms with E-state index in [9.17, 15) is 0 Å². The van der Waals surface area contributed by atoms with Gasteiger partial charge in [0.15, 0.2) is 0 Å². The summed E-state index contributed by atoms with van der Waals surface area (Å²) in [5.41, 5.74) is 0. The maximum atomic E-state index is 5.54. The maximum absolute atomic E-state index is 5.54. The zero-order valence-electron chi connectivity index (χ0n) is 14.9. The molecular weight excluding hydrogens is 256 g/mol. The molecule has 0 unspecified atom stereocenters. The summed E-state index contributed by atoms with van der Waals surface area (Å²) < 4.78 is 5.54. The Kier molecular flexibility index (Phi) is 19.1. The second-order valence-electron chi connectivity index (χ2n) is 6.27. The Balaban J connectivity index is 3.02. The highest BCUT2D eigenvalue weighted by atomic mass is 16.5. The van der Waals surface area contributed by atoms with E-state index in [4.69, 9.17) is 4.74 Å². The molecule has 1 nitrogen and oxygen atoms in total. The first kappa shape index (κ1) is 20.5. The number of hydrogen-bond acceptors (Lipinski definition) is 1. The molecule has 0 atom stereocenters. The van der Waals surface area contributed by atoms with Crippen molar-refractivity contribution in [2.75, 3.05) is 6.61 Å². The van der Waals surface area contributed by atoms with Gasteiger partial charge in [-0.05, 0) is 25.3 Å². The van der Waals surface area contributed by atoms with E-state index < -0.39 is 0 Å². The first-order chi connectivity index (χ1) is 10.4. The van der Waals surface area contributed by atoms with E-state index in [0.29, 0.717) is 0 Å². The van der Waals surface area contributed by atoms with E-state index in [-0.39, 0.29) is 0 Å². The van der Waals surface area contributed by atoms with Crippen molar-refractivity contribution in [3.63, 3.8) is 0 Å². The average molecular weight is 297 g/mol. The standard InChI is InChI=1S/C20H40O/c1-3-5-7-9-11-13-15-17-19-21-20-18-16-14-12-10-8-6-4-2/h17,19H,3-16,18,20H2,1-2H3. The van der Waals surface area contributed by atoms with Gasteiger partial charge in [-0.2, -0.15) is 0 Å². The Bertz CT molecular complexity index is 198. The molecular formula is C20H40O. The number of allylic oxidation sites excluding steroid dienone is 1. The van der Waals surface area contributed by atoms with Crippen molar-refractivity contribution < 1.29 is 4.74 Å². The Morgan fingerprint density at radius 2 is 1.05 bits per heavy atom. The molecule has 126 valence electrons. The van der Waals surface area contributed by atoms with Gasteiger partial charge in [0.05, 0.1) is 12.9 Å². The number of rotatable bonds is 17. The van der Waals surface area contributed by atoms with Gasteiger partial charge >= 0.3 is 0 Å². The molecule has 0 saturated carbocycles. The molecule has 0 aliphatic carbocycles. The van der Waals surface area contributed by atoms with E-state index in [1.807, 2.05) is 6.26 Å². The fraction of sp³-hybridized carbons (Fsp3) is 0.900. The van der Waals surface area contributed by atoms with Gasteiger partial charge in [0.1, 0.15) is 0 Å². The van der Waals surface area contributed by atoms with E-state index >= 15 is 0 Å². The Morgan fingerprint density at radius 1 is 0.571 bits per heavy atom. The molecule has 0 heterocycles. The summed E-state index contributed by atoms with van der Waals surface area (Å²) in [6, 6.07) is 0. The topological polar surface area (TPSA) is 9.23 Å². The smallest absolute Gasteiger partial charge is 0.0873 e. The molecule has 0 aromatic carbocycles. The van der Waals surface area contributed by atoms with Crippen LogP contribution in [-0.4, -0.2) is 6.61 Å². The predicted octanol–water partition coefficient (Wildman–Crippen LogP) is 7.41. The third-order valence-electron chi connectivity index (χ3n) is 4.03. The van der Waals surface area contributed by atoms with Gasteiger partial charge in [-0.15, -0.1) is 0 Å². The summed E-state index contributed by atoms with van der Waals surface area (Å²) in [6.07, 6.45) is 24.5. The normalized spacial score (nSPS) is 11.3. The van der Waals surface area contributed by atoms with Crippen LogP contribution in [0.25, 0.3) is 0 Å². The number of ether oxygens (including phenoxy) is 1. The molecule has 0 aliphatic heterocycles. The molecule has 0 fully saturated rings. The van der Waals surface area contributed by atoms with Gasteiger partial charge < -0.3 is 4.74 Å². The van der Waals surface area contributed by atoms with Gasteiger partial charge in [0.2, 0.25) is 0 Å². The lowest BCUT2D eigenvalue weighted by molar-refractivity contribution is 0.239. The van der Waals surface area contributed by atoms with Crippen LogP contribution in [0.3, 0.4) is 0 Å². The van der Waals surface area contributed by atoms with Gasteiger partial charge in [-0.1, -0.05) is 90.9 Å². The Hall–Kier alpha value is -0.460. The molecule has 0 N–H and O–H groups in total. The highest BCUT2D eigenvalue weighted by Crippen LogP contribution is 2.09. The lowest BCUT2D eigenvalue weighted by atomic mass is 10.1. The molecule has 0 spiro atoms. The Labute approximate surface area is 134 Å². The first-order valence-corrected chi connectivity index (χ1v) is 9.68. The number of unbranched alkanes of at least 4 members (excludes halogenated alkanes) is 13. The summed E-state index contributed by atoms with van der Waals surface area (Å²) >= 11 is 0. The molecule has 0 rings (SSSR count). The predicted molar refractivity (Wildman–Crippen MR) is 95.7 cm³/mol. The highest BCUT2D eigenvalue weighted by molar-refractivity contribution is 4.73. The quantitative estimate of drug-likeness (QED) is 0.200. The zero-order valence-corrected chi connectivity index (χ0v) is 14.9. The van der Waals surface area contributed by atoms with E-state index in [2.05, 4.69) is 19.9 Å². The lowest BCUT2D eigenvalue weighted by Crippen LogP contribution is -1.88. The van der Waals surface area contributed by atoms with Gasteiger partial charge in [-0.3, -0.25) is 0 Å². The van der Waals surface area contributed by atoms with Crippen molar-refractivity contribution in [2.24, 2.45) is 0 Å². The van der Waals surface area contributed by atoms with Crippen LogP contribution >= 0.6 is 0 Å². The summed E-state index contributed by atoms with van der Waals surface area (Å²) in [7, 11) is 0. The molecule has 0 amide bonds. The van der Waals surface area contributed by atoms with Crippen molar-refractivity contribution in [1.29, 1.82) is 0 Å². The number of hydrogen-bond donors (Lipinski definition) is 0. The van der Waals surface area contributed by atoms with Crippen molar-refractivity contribution in [1.82, 2.24) is 0 Å². The summed E-state index contributed by atoms with van der Waals surface area (Å²) in [5.74, 6) is 0. The molecule has 0 aromatic heterocycles. The minimum atomic E-state index is 0.905. The first-order valence-electron chi connectivity index (χ1n) is 9.68. The molecule has 21 heavy (non-hydrogen) atoms. The second kappa shape index (κ2) is 19.5. The maximum Gasteiger partial charge on any atom is 0.0873 e. The minimum Gasteiger partial charge on any atom is -0.502 e. The van der Waals surface area contributed by atoms with Crippen LogP contribution in [-0.2, 0) is 4.74 Å². The van der Waals surface area contributed by atoms with Crippen molar-refractivity contribution in [3.05, 3.63) is 12.3 Å². The van der Waals surface area contributed by atoms with Crippen LogP contribution < -0.4 is 0 Å². The fourth-order valence-electron chi connectivity index (χ4n) is 2.57. The summed E-state index contributed by atoms with van der Waals surface area (Å²) in [6.45, 7) is 5.45. The molecule has 0 radical (unpaired) electrons. The molecule has 0 aromatic rings. The average Bonchev–Trinajstić information content (AvgIpc) is 2.50.